The van der Waals surface area contributed by atoms with Gasteiger partial charge < -0.3 is 5.11 Å². The van der Waals surface area contributed by atoms with Gasteiger partial charge in [0.25, 0.3) is 0 Å². The number of hydrogen-bond donors (Lipinski definition) is 1. The molecule has 0 amide bonds. The minimum Gasteiger partial charge on any atom is -0.396 e. The molecule has 1 unspecified atom stereocenters. The fraction of sp³-hybridized carbons (Fsp3) is 0.273. The molecule has 3 nitrogen and oxygen atoms in total. The maximum Gasteiger partial charge on any atom is 0.200 e. The first-order chi connectivity index (χ1) is 7.06. The summed E-state index contributed by atoms with van der Waals surface area (Å²) in [6.07, 6.45) is 0. The topological polar surface area (TPSA) is 54.4 Å². The first-order valence-electron chi connectivity index (χ1n) is 4.73. The molecule has 2 rings (SSSR count). The molecule has 0 saturated carbocycles. The Balaban J connectivity index is 2.63. The lowest BCUT2D eigenvalue weighted by Crippen LogP contribution is -2.02. The molecule has 0 spiro atoms. The van der Waals surface area contributed by atoms with E-state index in [1.807, 2.05) is 6.92 Å². The molecule has 0 radical (unpaired) electrons. The van der Waals surface area contributed by atoms with E-state index < -0.39 is 9.84 Å². The molecule has 1 atom stereocenters. The quantitative estimate of drug-likeness (QED) is 0.827. The number of benzene rings is 1. The normalized spacial score (nSPS) is 19.5. The van der Waals surface area contributed by atoms with E-state index in [4.69, 9.17) is 5.11 Å². The van der Waals surface area contributed by atoms with Crippen molar-refractivity contribution in [2.45, 2.75) is 11.8 Å². The molecular weight excluding hydrogens is 212 g/mol. The number of sulfone groups is 1. The summed E-state index contributed by atoms with van der Waals surface area (Å²) in [7, 11) is -3.28. The first kappa shape index (κ1) is 10.4. The van der Waals surface area contributed by atoms with E-state index in [0.717, 1.165) is 5.56 Å². The van der Waals surface area contributed by atoms with Crippen molar-refractivity contribution in [1.29, 1.82) is 0 Å². The molecule has 1 aromatic rings. The van der Waals surface area contributed by atoms with Gasteiger partial charge in [0.05, 0.1) is 4.90 Å². The van der Waals surface area contributed by atoms with Crippen molar-refractivity contribution in [2.24, 2.45) is 5.92 Å². The van der Waals surface area contributed by atoms with E-state index in [1.165, 1.54) is 5.41 Å². The van der Waals surface area contributed by atoms with Gasteiger partial charge in [-0.25, -0.2) is 8.42 Å². The van der Waals surface area contributed by atoms with Gasteiger partial charge in [-0.05, 0) is 17.2 Å². The second-order valence-electron chi connectivity index (χ2n) is 3.70. The van der Waals surface area contributed by atoms with Gasteiger partial charge in [-0.3, -0.25) is 0 Å². The average molecular weight is 224 g/mol. The minimum absolute atomic E-state index is 0.0459. The maximum absolute atomic E-state index is 11.7. The Labute approximate surface area is 89.0 Å². The zero-order valence-electron chi connectivity index (χ0n) is 8.34. The highest BCUT2D eigenvalue weighted by atomic mass is 32.2. The molecule has 0 fully saturated rings. The smallest absolute Gasteiger partial charge is 0.200 e. The second kappa shape index (κ2) is 3.47. The van der Waals surface area contributed by atoms with Crippen molar-refractivity contribution in [3.8, 4) is 0 Å². The SMILES string of the molecule is CC(CO)C1=CS(=O)(=O)c2ccccc21. The summed E-state index contributed by atoms with van der Waals surface area (Å²) < 4.78 is 23.5. The van der Waals surface area contributed by atoms with Crippen LogP contribution in [-0.4, -0.2) is 20.1 Å². The van der Waals surface area contributed by atoms with Crippen LogP contribution in [0.2, 0.25) is 0 Å². The van der Waals surface area contributed by atoms with E-state index in [-0.39, 0.29) is 12.5 Å². The van der Waals surface area contributed by atoms with Gasteiger partial charge in [0.15, 0.2) is 0 Å². The fourth-order valence-corrected chi connectivity index (χ4v) is 3.31. The van der Waals surface area contributed by atoms with Crippen LogP contribution in [-0.2, 0) is 9.84 Å². The van der Waals surface area contributed by atoms with Crippen molar-refractivity contribution in [3.05, 3.63) is 35.2 Å². The summed E-state index contributed by atoms with van der Waals surface area (Å²) in [5.74, 6) is -0.150. The zero-order valence-corrected chi connectivity index (χ0v) is 9.16. The molecule has 4 heteroatoms. The van der Waals surface area contributed by atoms with Crippen molar-refractivity contribution >= 4 is 15.4 Å². The highest BCUT2D eigenvalue weighted by molar-refractivity contribution is 7.95. The first-order valence-corrected chi connectivity index (χ1v) is 6.28. The largest absolute Gasteiger partial charge is 0.396 e. The van der Waals surface area contributed by atoms with Crippen LogP contribution in [0.15, 0.2) is 34.6 Å². The van der Waals surface area contributed by atoms with Crippen LogP contribution in [0.4, 0.5) is 0 Å². The van der Waals surface area contributed by atoms with Gasteiger partial charge in [0.1, 0.15) is 0 Å². The summed E-state index contributed by atoms with van der Waals surface area (Å²) in [5.41, 5.74) is 1.42. The summed E-state index contributed by atoms with van der Waals surface area (Å²) in [6, 6.07) is 6.88. The molecular formula is C11H12O3S. The molecule has 1 N–H and O–H groups in total. The second-order valence-corrected chi connectivity index (χ2v) is 5.46. The van der Waals surface area contributed by atoms with Crippen LogP contribution in [0.25, 0.3) is 5.57 Å². The van der Waals surface area contributed by atoms with E-state index in [9.17, 15) is 8.42 Å². The van der Waals surface area contributed by atoms with Crippen molar-refractivity contribution in [3.63, 3.8) is 0 Å². The Bertz CT molecular complexity index is 514. The summed E-state index contributed by atoms with van der Waals surface area (Å²) in [5, 5.41) is 10.3. The Morgan fingerprint density at radius 2 is 2.00 bits per heavy atom. The van der Waals surface area contributed by atoms with Crippen molar-refractivity contribution < 1.29 is 13.5 Å². The lowest BCUT2D eigenvalue weighted by Gasteiger charge is -2.09. The fourth-order valence-electron chi connectivity index (χ4n) is 1.73. The highest BCUT2D eigenvalue weighted by Gasteiger charge is 2.28. The summed E-state index contributed by atoms with van der Waals surface area (Å²) >= 11 is 0. The number of rotatable bonds is 2. The van der Waals surface area contributed by atoms with Gasteiger partial charge in [-0.15, -0.1) is 0 Å². The lowest BCUT2D eigenvalue weighted by molar-refractivity contribution is 0.266. The van der Waals surface area contributed by atoms with Gasteiger partial charge in [0.2, 0.25) is 9.84 Å². The third kappa shape index (κ3) is 1.60. The van der Waals surface area contributed by atoms with Gasteiger partial charge in [0, 0.05) is 17.9 Å². The molecule has 0 bridgehead atoms. The van der Waals surface area contributed by atoms with Crippen LogP contribution >= 0.6 is 0 Å². The van der Waals surface area contributed by atoms with E-state index in [2.05, 4.69) is 0 Å². The Morgan fingerprint density at radius 1 is 1.33 bits per heavy atom. The molecule has 1 aliphatic heterocycles. The van der Waals surface area contributed by atoms with Gasteiger partial charge in [-0.2, -0.15) is 0 Å². The van der Waals surface area contributed by atoms with Crippen molar-refractivity contribution in [2.75, 3.05) is 6.61 Å². The predicted molar refractivity (Wildman–Crippen MR) is 57.9 cm³/mol. The Kier molecular flexibility index (Phi) is 2.40. The third-order valence-electron chi connectivity index (χ3n) is 2.59. The van der Waals surface area contributed by atoms with E-state index >= 15 is 0 Å². The number of fused-ring (bicyclic) bond motifs is 1. The minimum atomic E-state index is -3.28. The molecule has 15 heavy (non-hydrogen) atoms. The van der Waals surface area contributed by atoms with Crippen LogP contribution in [0, 0.1) is 5.92 Å². The van der Waals surface area contributed by atoms with Gasteiger partial charge >= 0.3 is 0 Å². The lowest BCUT2D eigenvalue weighted by atomic mass is 9.96. The molecule has 1 heterocycles. The van der Waals surface area contributed by atoms with E-state index in [0.29, 0.717) is 10.5 Å². The number of aliphatic hydroxyl groups is 1. The average Bonchev–Trinajstić information content (AvgIpc) is 2.51. The summed E-state index contributed by atoms with van der Waals surface area (Å²) in [4.78, 5) is 0.348. The molecule has 1 aliphatic rings. The van der Waals surface area contributed by atoms with Crippen LogP contribution < -0.4 is 0 Å². The maximum atomic E-state index is 11.7. The monoisotopic (exact) mass is 224 g/mol. The predicted octanol–water partition coefficient (Wildman–Crippen LogP) is 1.44. The molecule has 80 valence electrons. The zero-order chi connectivity index (χ0) is 11.1. The highest BCUT2D eigenvalue weighted by Crippen LogP contribution is 2.36. The van der Waals surface area contributed by atoms with Crippen LogP contribution in [0.3, 0.4) is 0 Å². The number of aliphatic hydroxyl groups excluding tert-OH is 1. The third-order valence-corrected chi connectivity index (χ3v) is 4.12. The Morgan fingerprint density at radius 3 is 2.67 bits per heavy atom. The van der Waals surface area contributed by atoms with Crippen molar-refractivity contribution in [1.82, 2.24) is 0 Å². The van der Waals surface area contributed by atoms with Crippen LogP contribution in [0.1, 0.15) is 12.5 Å². The van der Waals surface area contributed by atoms with Crippen LogP contribution in [0.5, 0.6) is 0 Å². The Hall–Kier alpha value is -1.13. The molecule has 0 saturated heterocycles. The standard InChI is InChI=1S/C11H12O3S/c1-8(6-12)10-7-15(13,14)11-5-3-2-4-9(10)11/h2-5,7-8,12H,6H2,1H3. The molecule has 1 aromatic carbocycles. The molecule has 0 aliphatic carbocycles. The number of hydrogen-bond acceptors (Lipinski definition) is 3. The van der Waals surface area contributed by atoms with Gasteiger partial charge in [-0.1, -0.05) is 25.1 Å². The molecule has 0 aromatic heterocycles. The van der Waals surface area contributed by atoms with E-state index in [1.54, 1.807) is 24.3 Å². The summed E-state index contributed by atoms with van der Waals surface area (Å²) in [6.45, 7) is 1.76.